The lowest BCUT2D eigenvalue weighted by molar-refractivity contribution is -0.144. The van der Waals surface area contributed by atoms with E-state index in [1.54, 1.807) is 32.4 Å². The number of esters is 1. The fourth-order valence-corrected chi connectivity index (χ4v) is 3.50. The van der Waals surface area contributed by atoms with Gasteiger partial charge in [0.05, 0.1) is 20.6 Å². The van der Waals surface area contributed by atoms with Crippen molar-refractivity contribution >= 4 is 16.9 Å². The molecule has 0 aliphatic carbocycles. The Hall–Kier alpha value is -3.28. The smallest absolute Gasteiger partial charge is 0.336 e. The minimum Gasteiger partial charge on any atom is -0.493 e. The Morgan fingerprint density at radius 2 is 1.77 bits per heavy atom. The zero-order valence-corrected chi connectivity index (χ0v) is 17.9. The molecule has 3 rings (SSSR count). The third-order valence-corrected chi connectivity index (χ3v) is 5.02. The van der Waals surface area contributed by atoms with Crippen molar-refractivity contribution in [3.05, 3.63) is 69.1 Å². The Bertz CT molecular complexity index is 1130. The highest BCUT2D eigenvalue weighted by Gasteiger charge is 2.14. The number of hydrogen-bond donors (Lipinski definition) is 0. The number of benzene rings is 2. The number of ether oxygens (including phenoxy) is 3. The molecule has 0 spiro atoms. The predicted octanol–water partition coefficient (Wildman–Crippen LogP) is 4.53. The topological polar surface area (TPSA) is 75.0 Å². The molecule has 3 aromatic rings. The van der Waals surface area contributed by atoms with Gasteiger partial charge in [0.1, 0.15) is 12.2 Å². The van der Waals surface area contributed by atoms with Gasteiger partial charge < -0.3 is 18.6 Å². The van der Waals surface area contributed by atoms with Crippen molar-refractivity contribution < 1.29 is 23.4 Å². The van der Waals surface area contributed by atoms with E-state index in [0.29, 0.717) is 28.6 Å². The lowest BCUT2D eigenvalue weighted by Gasteiger charge is -2.13. The molecule has 0 aliphatic rings. The second-order valence-electron chi connectivity index (χ2n) is 7.48. The van der Waals surface area contributed by atoms with Crippen LogP contribution in [-0.4, -0.2) is 20.2 Å². The first-order chi connectivity index (χ1) is 14.3. The van der Waals surface area contributed by atoms with E-state index in [-0.39, 0.29) is 13.0 Å². The summed E-state index contributed by atoms with van der Waals surface area (Å²) in [5.74, 6) is 1.06. The zero-order valence-electron chi connectivity index (χ0n) is 17.9. The van der Waals surface area contributed by atoms with Crippen LogP contribution in [0.3, 0.4) is 0 Å². The lowest BCUT2D eigenvalue weighted by atomic mass is 9.95. The van der Waals surface area contributed by atoms with Gasteiger partial charge in [0.2, 0.25) is 0 Å². The molecule has 0 bridgehead atoms. The molecule has 0 amide bonds. The van der Waals surface area contributed by atoms with E-state index in [0.717, 1.165) is 22.1 Å². The lowest BCUT2D eigenvalue weighted by Crippen LogP contribution is -2.10. The van der Waals surface area contributed by atoms with Crippen molar-refractivity contribution in [2.24, 2.45) is 0 Å². The minimum atomic E-state index is -0.467. The minimum absolute atomic E-state index is 0.00514. The van der Waals surface area contributed by atoms with Crippen LogP contribution in [0.1, 0.15) is 42.0 Å². The monoisotopic (exact) mass is 410 g/mol. The van der Waals surface area contributed by atoms with Crippen molar-refractivity contribution in [3.8, 4) is 11.5 Å². The highest BCUT2D eigenvalue weighted by atomic mass is 16.5. The number of carbonyl (C=O) groups is 1. The van der Waals surface area contributed by atoms with Crippen LogP contribution >= 0.6 is 0 Å². The number of hydrogen-bond acceptors (Lipinski definition) is 6. The van der Waals surface area contributed by atoms with Gasteiger partial charge in [-0.1, -0.05) is 19.9 Å². The van der Waals surface area contributed by atoms with Gasteiger partial charge in [-0.15, -0.1) is 0 Å². The fourth-order valence-electron chi connectivity index (χ4n) is 3.50. The zero-order chi connectivity index (χ0) is 21.8. The summed E-state index contributed by atoms with van der Waals surface area (Å²) in [6.07, 6.45) is 0.0794. The molecule has 158 valence electrons. The summed E-state index contributed by atoms with van der Waals surface area (Å²) >= 11 is 0. The molecule has 0 unspecified atom stereocenters. The predicted molar refractivity (Wildman–Crippen MR) is 114 cm³/mol. The number of carbonyl (C=O) groups excluding carboxylic acids is 1. The van der Waals surface area contributed by atoms with Gasteiger partial charge in [-0.05, 0) is 53.8 Å². The van der Waals surface area contributed by atoms with E-state index in [4.69, 9.17) is 18.6 Å². The van der Waals surface area contributed by atoms with Crippen LogP contribution in [0.15, 0.2) is 45.6 Å². The Labute approximate surface area is 175 Å². The second kappa shape index (κ2) is 9.03. The molecule has 1 heterocycles. The summed E-state index contributed by atoms with van der Waals surface area (Å²) in [4.78, 5) is 24.4. The highest BCUT2D eigenvalue weighted by Crippen LogP contribution is 2.29. The Morgan fingerprint density at radius 1 is 1.03 bits per heavy atom. The Morgan fingerprint density at radius 3 is 2.43 bits per heavy atom. The van der Waals surface area contributed by atoms with E-state index >= 15 is 0 Å². The third-order valence-electron chi connectivity index (χ3n) is 5.02. The third kappa shape index (κ3) is 4.64. The summed E-state index contributed by atoms with van der Waals surface area (Å²) < 4.78 is 21.3. The van der Waals surface area contributed by atoms with Crippen molar-refractivity contribution in [2.45, 2.75) is 39.7 Å². The average Bonchev–Trinajstić information content (AvgIpc) is 2.71. The standard InChI is InChI=1S/C24H26O6/c1-14(2)18-12-19-17(11-24(26)30-21(19)8-15(18)3)13-29-23(25)10-16-6-7-20(27-4)22(9-16)28-5/h6-9,11-12,14H,10,13H2,1-5H3. The molecule has 0 saturated carbocycles. The molecular formula is C24H26O6. The first kappa shape index (κ1) is 21.4. The number of methoxy groups -OCH3 is 2. The van der Waals surface area contributed by atoms with Gasteiger partial charge in [0.15, 0.2) is 11.5 Å². The van der Waals surface area contributed by atoms with Crippen LogP contribution < -0.4 is 15.1 Å². The summed E-state index contributed by atoms with van der Waals surface area (Å²) in [6, 6.07) is 10.5. The SMILES string of the molecule is COc1ccc(CC(=O)OCc2cc(=O)oc3cc(C)c(C(C)C)cc23)cc1OC. The maximum atomic E-state index is 12.4. The summed E-state index contributed by atoms with van der Waals surface area (Å²) in [5.41, 5.74) is 3.62. The maximum Gasteiger partial charge on any atom is 0.336 e. The number of rotatable bonds is 7. The van der Waals surface area contributed by atoms with Crippen molar-refractivity contribution in [1.82, 2.24) is 0 Å². The van der Waals surface area contributed by atoms with E-state index in [2.05, 4.69) is 13.8 Å². The van der Waals surface area contributed by atoms with Gasteiger partial charge in [-0.25, -0.2) is 4.79 Å². The quantitative estimate of drug-likeness (QED) is 0.421. The maximum absolute atomic E-state index is 12.4. The number of fused-ring (bicyclic) bond motifs is 1. The molecule has 6 nitrogen and oxygen atoms in total. The van der Waals surface area contributed by atoms with Crippen LogP contribution in [0.5, 0.6) is 11.5 Å². The highest BCUT2D eigenvalue weighted by molar-refractivity contribution is 5.82. The number of aryl methyl sites for hydroxylation is 1. The van der Waals surface area contributed by atoms with Crippen LogP contribution in [0, 0.1) is 6.92 Å². The Balaban J connectivity index is 1.80. The summed E-state index contributed by atoms with van der Waals surface area (Å²) in [7, 11) is 3.10. The van der Waals surface area contributed by atoms with Gasteiger partial charge in [-0.2, -0.15) is 0 Å². The van der Waals surface area contributed by atoms with E-state index in [1.165, 1.54) is 6.07 Å². The molecule has 0 saturated heterocycles. The second-order valence-corrected chi connectivity index (χ2v) is 7.48. The normalized spacial score (nSPS) is 11.0. The molecule has 0 radical (unpaired) electrons. The van der Waals surface area contributed by atoms with Crippen LogP contribution in [0.4, 0.5) is 0 Å². The van der Waals surface area contributed by atoms with Gasteiger partial charge in [-0.3, -0.25) is 4.79 Å². The largest absolute Gasteiger partial charge is 0.493 e. The molecule has 0 aliphatic heterocycles. The Kier molecular flexibility index (Phi) is 6.45. The molecule has 0 fully saturated rings. The summed E-state index contributed by atoms with van der Waals surface area (Å²) in [5, 5.41) is 0.780. The van der Waals surface area contributed by atoms with E-state index < -0.39 is 11.6 Å². The first-order valence-electron chi connectivity index (χ1n) is 9.76. The van der Waals surface area contributed by atoms with E-state index in [1.807, 2.05) is 19.1 Å². The van der Waals surface area contributed by atoms with E-state index in [9.17, 15) is 9.59 Å². The molecule has 0 atom stereocenters. The van der Waals surface area contributed by atoms with Crippen LogP contribution in [0.25, 0.3) is 11.0 Å². The average molecular weight is 410 g/mol. The molecule has 6 heteroatoms. The molecule has 2 aromatic carbocycles. The van der Waals surface area contributed by atoms with Gasteiger partial charge in [0.25, 0.3) is 0 Å². The van der Waals surface area contributed by atoms with Crippen molar-refractivity contribution in [3.63, 3.8) is 0 Å². The van der Waals surface area contributed by atoms with Gasteiger partial charge >= 0.3 is 11.6 Å². The molecular weight excluding hydrogens is 384 g/mol. The van der Waals surface area contributed by atoms with Gasteiger partial charge in [0, 0.05) is 17.0 Å². The molecule has 0 N–H and O–H groups in total. The summed E-state index contributed by atoms with van der Waals surface area (Å²) in [6.45, 7) is 6.20. The van der Waals surface area contributed by atoms with Crippen molar-refractivity contribution in [2.75, 3.05) is 14.2 Å². The molecule has 30 heavy (non-hydrogen) atoms. The van der Waals surface area contributed by atoms with Crippen LogP contribution in [0.2, 0.25) is 0 Å². The molecule has 1 aromatic heterocycles. The van der Waals surface area contributed by atoms with Crippen molar-refractivity contribution in [1.29, 1.82) is 0 Å². The first-order valence-corrected chi connectivity index (χ1v) is 9.76. The fraction of sp³-hybridized carbons (Fsp3) is 0.333. The van der Waals surface area contributed by atoms with Crippen LogP contribution in [-0.2, 0) is 22.6 Å².